The van der Waals surface area contributed by atoms with Gasteiger partial charge in [0.1, 0.15) is 5.41 Å². The Kier molecular flexibility index (Phi) is 2.13. The van der Waals surface area contributed by atoms with Gasteiger partial charge < -0.3 is 0 Å². The third-order valence-corrected chi connectivity index (χ3v) is 2.63. The lowest BCUT2D eigenvalue weighted by molar-refractivity contribution is -0.145. The lowest BCUT2D eigenvalue weighted by Crippen LogP contribution is -2.40. The van der Waals surface area contributed by atoms with Crippen molar-refractivity contribution >= 4 is 17.3 Å². The van der Waals surface area contributed by atoms with Crippen molar-refractivity contribution in [2.75, 3.05) is 0 Å². The molecule has 1 aliphatic carbocycles. The number of hydrogen-bond donors (Lipinski definition) is 0. The van der Waals surface area contributed by atoms with Crippen LogP contribution in [0.3, 0.4) is 0 Å². The summed E-state index contributed by atoms with van der Waals surface area (Å²) in [5.41, 5.74) is -1.26. The minimum absolute atomic E-state index is 0.192. The molecular formula is C9H12O3. The van der Waals surface area contributed by atoms with Crippen molar-refractivity contribution in [1.29, 1.82) is 0 Å². The molecule has 0 radical (unpaired) electrons. The van der Waals surface area contributed by atoms with E-state index in [2.05, 4.69) is 0 Å². The quantitative estimate of drug-likeness (QED) is 0.576. The minimum atomic E-state index is -1.26. The smallest absolute Gasteiger partial charge is 0.153 e. The molecule has 0 aromatic carbocycles. The molecule has 0 heterocycles. The fourth-order valence-corrected chi connectivity index (χ4v) is 1.86. The van der Waals surface area contributed by atoms with Crippen molar-refractivity contribution in [3.05, 3.63) is 0 Å². The summed E-state index contributed by atoms with van der Waals surface area (Å²) >= 11 is 0. The Bertz CT molecular complexity index is 238. The van der Waals surface area contributed by atoms with Gasteiger partial charge in [-0.05, 0) is 26.7 Å². The van der Waals surface area contributed by atoms with E-state index in [4.69, 9.17) is 0 Å². The second-order valence-corrected chi connectivity index (χ2v) is 3.29. The number of carbonyl (C=O) groups is 3. The topological polar surface area (TPSA) is 51.2 Å². The first-order valence-electron chi connectivity index (χ1n) is 4.07. The zero-order valence-corrected chi connectivity index (χ0v) is 7.35. The summed E-state index contributed by atoms with van der Waals surface area (Å²) in [6.45, 7) is 2.65. The fraction of sp³-hybridized carbons (Fsp3) is 0.667. The normalized spacial score (nSPS) is 21.0. The van der Waals surface area contributed by atoms with Crippen LogP contribution >= 0.6 is 0 Å². The lowest BCUT2D eigenvalue weighted by atomic mass is 9.78. The molecule has 1 aliphatic rings. The van der Waals surface area contributed by atoms with Crippen molar-refractivity contribution in [2.24, 2.45) is 5.41 Å². The van der Waals surface area contributed by atoms with Crippen LogP contribution in [0.5, 0.6) is 0 Å². The third kappa shape index (κ3) is 1.00. The van der Waals surface area contributed by atoms with Gasteiger partial charge in [-0.3, -0.25) is 14.4 Å². The first-order valence-corrected chi connectivity index (χ1v) is 4.07. The molecule has 1 saturated carbocycles. The van der Waals surface area contributed by atoms with E-state index in [1.807, 2.05) is 0 Å². The van der Waals surface area contributed by atoms with E-state index < -0.39 is 5.41 Å². The van der Waals surface area contributed by atoms with Crippen LogP contribution in [-0.4, -0.2) is 17.3 Å². The van der Waals surface area contributed by atoms with Gasteiger partial charge in [-0.15, -0.1) is 0 Å². The highest BCUT2D eigenvalue weighted by Gasteiger charge is 2.49. The Morgan fingerprint density at radius 3 is 1.92 bits per heavy atom. The Morgan fingerprint density at radius 2 is 1.75 bits per heavy atom. The van der Waals surface area contributed by atoms with E-state index >= 15 is 0 Å². The summed E-state index contributed by atoms with van der Waals surface area (Å²) < 4.78 is 0. The highest BCUT2D eigenvalue weighted by molar-refractivity contribution is 6.24. The monoisotopic (exact) mass is 168 g/mol. The first-order chi connectivity index (χ1) is 5.51. The van der Waals surface area contributed by atoms with Crippen LogP contribution < -0.4 is 0 Å². The summed E-state index contributed by atoms with van der Waals surface area (Å²) in [6, 6.07) is 0. The van der Waals surface area contributed by atoms with Crippen LogP contribution in [-0.2, 0) is 14.4 Å². The van der Waals surface area contributed by atoms with Crippen molar-refractivity contribution in [3.8, 4) is 0 Å². The SMILES string of the molecule is CC(=O)C1(C(C)=O)CCCC1=O. The van der Waals surface area contributed by atoms with Crippen molar-refractivity contribution in [1.82, 2.24) is 0 Å². The molecule has 0 saturated heterocycles. The standard InChI is InChI=1S/C9H12O3/c1-6(10)9(7(2)11)5-3-4-8(9)12/h3-5H2,1-2H3. The number of Topliss-reactive ketones (excluding diaryl/α,β-unsaturated/α-hetero) is 3. The summed E-state index contributed by atoms with van der Waals surface area (Å²) in [6.07, 6.45) is 1.45. The van der Waals surface area contributed by atoms with E-state index in [9.17, 15) is 14.4 Å². The molecule has 66 valence electrons. The molecule has 3 nitrogen and oxygen atoms in total. The molecule has 1 rings (SSSR count). The first kappa shape index (κ1) is 9.10. The fourth-order valence-electron chi connectivity index (χ4n) is 1.86. The van der Waals surface area contributed by atoms with Crippen molar-refractivity contribution < 1.29 is 14.4 Å². The molecular weight excluding hydrogens is 156 g/mol. The Morgan fingerprint density at radius 1 is 1.25 bits per heavy atom. The van der Waals surface area contributed by atoms with Crippen LogP contribution in [0.2, 0.25) is 0 Å². The number of hydrogen-bond acceptors (Lipinski definition) is 3. The summed E-state index contributed by atoms with van der Waals surface area (Å²) in [5.74, 6) is -0.780. The number of carbonyl (C=O) groups excluding carboxylic acids is 3. The Labute approximate surface area is 71.1 Å². The molecule has 0 aliphatic heterocycles. The van der Waals surface area contributed by atoms with Crippen LogP contribution in [0.15, 0.2) is 0 Å². The van der Waals surface area contributed by atoms with E-state index in [0.29, 0.717) is 19.3 Å². The third-order valence-electron chi connectivity index (χ3n) is 2.63. The van der Waals surface area contributed by atoms with Gasteiger partial charge in [0, 0.05) is 6.42 Å². The average molecular weight is 168 g/mol. The maximum Gasteiger partial charge on any atom is 0.153 e. The zero-order valence-electron chi connectivity index (χ0n) is 7.35. The summed E-state index contributed by atoms with van der Waals surface area (Å²) in [5, 5.41) is 0. The maximum absolute atomic E-state index is 11.3. The molecule has 0 bridgehead atoms. The molecule has 0 N–H and O–H groups in total. The second-order valence-electron chi connectivity index (χ2n) is 3.29. The molecule has 0 unspecified atom stereocenters. The van der Waals surface area contributed by atoms with Gasteiger partial charge in [-0.25, -0.2) is 0 Å². The average Bonchev–Trinajstić information content (AvgIpc) is 2.31. The zero-order chi connectivity index (χ0) is 9.35. The van der Waals surface area contributed by atoms with Gasteiger partial charge in [0.25, 0.3) is 0 Å². The molecule has 0 spiro atoms. The predicted octanol–water partition coefficient (Wildman–Crippen LogP) is 0.904. The van der Waals surface area contributed by atoms with Crippen LogP contribution in [0.25, 0.3) is 0 Å². The Balaban J connectivity index is 3.10. The molecule has 0 amide bonds. The number of rotatable bonds is 2. The number of ketones is 3. The summed E-state index contributed by atoms with van der Waals surface area (Å²) in [4.78, 5) is 33.7. The van der Waals surface area contributed by atoms with Crippen molar-refractivity contribution in [2.45, 2.75) is 33.1 Å². The van der Waals surface area contributed by atoms with E-state index in [-0.39, 0.29) is 17.3 Å². The van der Waals surface area contributed by atoms with Crippen molar-refractivity contribution in [3.63, 3.8) is 0 Å². The van der Waals surface area contributed by atoms with Gasteiger partial charge in [-0.1, -0.05) is 0 Å². The van der Waals surface area contributed by atoms with E-state index in [1.165, 1.54) is 13.8 Å². The molecule has 0 aromatic rings. The van der Waals surface area contributed by atoms with Gasteiger partial charge in [0.05, 0.1) is 0 Å². The molecule has 3 heteroatoms. The molecule has 12 heavy (non-hydrogen) atoms. The van der Waals surface area contributed by atoms with Crippen LogP contribution in [0.1, 0.15) is 33.1 Å². The summed E-state index contributed by atoms with van der Waals surface area (Å²) in [7, 11) is 0. The van der Waals surface area contributed by atoms with Gasteiger partial charge in [0.15, 0.2) is 17.3 Å². The van der Waals surface area contributed by atoms with Gasteiger partial charge in [0.2, 0.25) is 0 Å². The minimum Gasteiger partial charge on any atom is -0.298 e. The second kappa shape index (κ2) is 2.81. The predicted molar refractivity (Wildman–Crippen MR) is 42.7 cm³/mol. The highest BCUT2D eigenvalue weighted by atomic mass is 16.2. The van der Waals surface area contributed by atoms with E-state index in [1.54, 1.807) is 0 Å². The van der Waals surface area contributed by atoms with E-state index in [0.717, 1.165) is 0 Å². The van der Waals surface area contributed by atoms with Gasteiger partial charge in [-0.2, -0.15) is 0 Å². The molecule has 0 aromatic heterocycles. The highest BCUT2D eigenvalue weighted by Crippen LogP contribution is 2.36. The lowest BCUT2D eigenvalue weighted by Gasteiger charge is -2.19. The van der Waals surface area contributed by atoms with Crippen LogP contribution in [0.4, 0.5) is 0 Å². The largest absolute Gasteiger partial charge is 0.298 e. The van der Waals surface area contributed by atoms with Crippen LogP contribution in [0, 0.1) is 5.41 Å². The molecule has 0 atom stereocenters. The molecule has 1 fully saturated rings. The maximum atomic E-state index is 11.3. The Hall–Kier alpha value is -0.990. The van der Waals surface area contributed by atoms with Gasteiger partial charge >= 0.3 is 0 Å².